The molecule has 0 aliphatic carbocycles. The molecule has 0 unspecified atom stereocenters. The lowest BCUT2D eigenvalue weighted by molar-refractivity contribution is -0.385. The van der Waals surface area contributed by atoms with Crippen LogP contribution in [-0.2, 0) is 9.53 Å². The van der Waals surface area contributed by atoms with Crippen molar-refractivity contribution in [2.75, 3.05) is 6.61 Å². The van der Waals surface area contributed by atoms with Crippen LogP contribution in [0.1, 0.15) is 23.6 Å². The number of esters is 1. The lowest BCUT2D eigenvalue weighted by atomic mass is 10.1. The molecule has 0 amide bonds. The van der Waals surface area contributed by atoms with Crippen LogP contribution in [0.2, 0.25) is 0 Å². The first-order valence-electron chi connectivity index (χ1n) is 7.65. The average molecular weight is 342 g/mol. The zero-order valence-corrected chi connectivity index (χ0v) is 14.2. The van der Waals surface area contributed by atoms with Gasteiger partial charge in [-0.3, -0.25) is 10.1 Å². The molecule has 0 bridgehead atoms. The van der Waals surface area contributed by atoms with E-state index in [1.54, 1.807) is 13.0 Å². The van der Waals surface area contributed by atoms with Crippen molar-refractivity contribution >= 4 is 17.7 Å². The summed E-state index contributed by atoms with van der Waals surface area (Å²) in [6, 6.07) is 6.52. The Balaban J connectivity index is 2.19. The molecule has 0 radical (unpaired) electrons. The predicted molar refractivity (Wildman–Crippen MR) is 92.5 cm³/mol. The third kappa shape index (κ3) is 4.87. The standard InChI is InChI=1S/C18H18N2O5/c1-4-24-17(21)8-5-14-9-12(2)18(13(3)10-14)25-16-7-6-15(11-19-16)20(22)23/h5-11H,4H2,1-3H3. The summed E-state index contributed by atoms with van der Waals surface area (Å²) in [5.41, 5.74) is 2.44. The third-order valence-corrected chi connectivity index (χ3v) is 3.32. The summed E-state index contributed by atoms with van der Waals surface area (Å²) in [4.78, 5) is 25.5. The van der Waals surface area contributed by atoms with Crippen molar-refractivity contribution < 1.29 is 19.2 Å². The summed E-state index contributed by atoms with van der Waals surface area (Å²) in [7, 11) is 0. The molecule has 2 rings (SSSR count). The Kier molecular flexibility index (Phi) is 5.84. The van der Waals surface area contributed by atoms with Crippen molar-refractivity contribution in [2.45, 2.75) is 20.8 Å². The second kappa shape index (κ2) is 8.05. The fraction of sp³-hybridized carbons (Fsp3) is 0.222. The Labute approximate surface area is 145 Å². The molecule has 130 valence electrons. The van der Waals surface area contributed by atoms with Crippen molar-refractivity contribution in [1.29, 1.82) is 0 Å². The van der Waals surface area contributed by atoms with Crippen molar-refractivity contribution in [1.82, 2.24) is 4.98 Å². The van der Waals surface area contributed by atoms with E-state index in [0.717, 1.165) is 22.9 Å². The topological polar surface area (TPSA) is 91.6 Å². The number of aromatic nitrogens is 1. The second-order valence-electron chi connectivity index (χ2n) is 5.28. The van der Waals surface area contributed by atoms with Crippen molar-refractivity contribution in [3.05, 3.63) is 63.3 Å². The number of nitro groups is 1. The van der Waals surface area contributed by atoms with Crippen molar-refractivity contribution in [2.24, 2.45) is 0 Å². The van der Waals surface area contributed by atoms with E-state index < -0.39 is 10.9 Å². The van der Waals surface area contributed by atoms with Gasteiger partial charge in [0.25, 0.3) is 5.69 Å². The highest BCUT2D eigenvalue weighted by atomic mass is 16.6. The number of aryl methyl sites for hydroxylation is 2. The predicted octanol–water partition coefficient (Wildman–Crippen LogP) is 3.98. The normalized spacial score (nSPS) is 10.7. The summed E-state index contributed by atoms with van der Waals surface area (Å²) in [5, 5.41) is 10.7. The highest BCUT2D eigenvalue weighted by Gasteiger charge is 2.10. The first-order chi connectivity index (χ1) is 11.9. The minimum atomic E-state index is -0.516. The van der Waals surface area contributed by atoms with Gasteiger partial charge in [0.05, 0.1) is 11.5 Å². The molecule has 0 saturated carbocycles. The van der Waals surface area contributed by atoms with E-state index in [1.807, 2.05) is 26.0 Å². The largest absolute Gasteiger partial charge is 0.463 e. The molecule has 0 saturated heterocycles. The molecule has 0 aliphatic heterocycles. The number of hydrogen-bond donors (Lipinski definition) is 0. The van der Waals surface area contributed by atoms with Crippen molar-refractivity contribution in [3.8, 4) is 11.6 Å². The van der Waals surface area contributed by atoms with E-state index in [0.29, 0.717) is 12.4 Å². The minimum Gasteiger partial charge on any atom is -0.463 e. The summed E-state index contributed by atoms with van der Waals surface area (Å²) in [5.74, 6) is 0.495. The molecule has 25 heavy (non-hydrogen) atoms. The summed E-state index contributed by atoms with van der Waals surface area (Å²) >= 11 is 0. The van der Waals surface area contributed by atoms with Crippen LogP contribution < -0.4 is 4.74 Å². The van der Waals surface area contributed by atoms with Crippen LogP contribution >= 0.6 is 0 Å². The van der Waals surface area contributed by atoms with Gasteiger partial charge in [-0.15, -0.1) is 0 Å². The Bertz CT molecular complexity index is 790. The number of carbonyl (C=O) groups excluding carboxylic acids is 1. The Morgan fingerprint density at radius 2 is 1.96 bits per heavy atom. The smallest absolute Gasteiger partial charge is 0.330 e. The SMILES string of the molecule is CCOC(=O)C=Cc1cc(C)c(Oc2ccc([N+](=O)[O-])cn2)c(C)c1. The van der Waals surface area contributed by atoms with Gasteiger partial charge >= 0.3 is 5.97 Å². The summed E-state index contributed by atoms with van der Waals surface area (Å²) < 4.78 is 10.6. The van der Waals surface area contributed by atoms with Gasteiger partial charge in [-0.05, 0) is 55.7 Å². The fourth-order valence-electron chi connectivity index (χ4n) is 2.24. The molecular weight excluding hydrogens is 324 g/mol. The van der Waals surface area contributed by atoms with Crippen LogP contribution in [0.15, 0.2) is 36.5 Å². The number of benzene rings is 1. The van der Waals surface area contributed by atoms with Crippen LogP contribution in [0.3, 0.4) is 0 Å². The van der Waals surface area contributed by atoms with E-state index in [-0.39, 0.29) is 11.6 Å². The molecular formula is C18H18N2O5. The number of hydrogen-bond acceptors (Lipinski definition) is 6. The summed E-state index contributed by atoms with van der Waals surface area (Å²) in [6.07, 6.45) is 4.19. The van der Waals surface area contributed by atoms with Crippen LogP contribution in [0.25, 0.3) is 6.08 Å². The van der Waals surface area contributed by atoms with Crippen LogP contribution in [0.4, 0.5) is 5.69 Å². The van der Waals surface area contributed by atoms with Crippen LogP contribution in [0, 0.1) is 24.0 Å². The first-order valence-corrected chi connectivity index (χ1v) is 7.65. The maximum absolute atomic E-state index is 11.4. The molecule has 0 N–H and O–H groups in total. The Morgan fingerprint density at radius 1 is 1.28 bits per heavy atom. The third-order valence-electron chi connectivity index (χ3n) is 3.32. The maximum Gasteiger partial charge on any atom is 0.330 e. The minimum absolute atomic E-state index is 0.0970. The number of ether oxygens (including phenoxy) is 2. The van der Waals surface area contributed by atoms with Gasteiger partial charge in [0.2, 0.25) is 5.88 Å². The average Bonchev–Trinajstić information content (AvgIpc) is 2.57. The van der Waals surface area contributed by atoms with E-state index >= 15 is 0 Å². The molecule has 7 nitrogen and oxygen atoms in total. The molecule has 1 heterocycles. The second-order valence-corrected chi connectivity index (χ2v) is 5.28. The molecule has 1 aromatic heterocycles. The van der Waals surface area contributed by atoms with Crippen LogP contribution in [-0.4, -0.2) is 22.5 Å². The number of pyridine rings is 1. The van der Waals surface area contributed by atoms with Gasteiger partial charge in [0, 0.05) is 18.2 Å². The lowest BCUT2D eigenvalue weighted by Gasteiger charge is -2.12. The van der Waals surface area contributed by atoms with Crippen molar-refractivity contribution in [3.63, 3.8) is 0 Å². The van der Waals surface area contributed by atoms with E-state index in [9.17, 15) is 14.9 Å². The molecule has 0 atom stereocenters. The lowest BCUT2D eigenvalue weighted by Crippen LogP contribution is -1.99. The number of carbonyl (C=O) groups is 1. The highest BCUT2D eigenvalue weighted by Crippen LogP contribution is 2.29. The van der Waals surface area contributed by atoms with E-state index in [4.69, 9.17) is 9.47 Å². The van der Waals surface area contributed by atoms with Gasteiger partial charge in [0.15, 0.2) is 0 Å². The molecule has 2 aromatic rings. The summed E-state index contributed by atoms with van der Waals surface area (Å²) in [6.45, 7) is 5.82. The molecule has 0 fully saturated rings. The molecule has 1 aromatic carbocycles. The fourth-order valence-corrected chi connectivity index (χ4v) is 2.24. The maximum atomic E-state index is 11.4. The van der Waals surface area contributed by atoms with Crippen LogP contribution in [0.5, 0.6) is 11.6 Å². The molecule has 0 spiro atoms. The Hall–Kier alpha value is -3.22. The molecule has 7 heteroatoms. The van der Waals surface area contributed by atoms with Gasteiger partial charge < -0.3 is 9.47 Å². The zero-order valence-electron chi connectivity index (χ0n) is 14.2. The monoisotopic (exact) mass is 342 g/mol. The first kappa shape index (κ1) is 18.1. The van der Waals surface area contributed by atoms with E-state index in [1.165, 1.54) is 18.2 Å². The Morgan fingerprint density at radius 3 is 2.48 bits per heavy atom. The number of nitrogens with zero attached hydrogens (tertiary/aromatic N) is 2. The quantitative estimate of drug-likeness (QED) is 0.341. The van der Waals surface area contributed by atoms with Gasteiger partial charge in [-0.2, -0.15) is 0 Å². The highest BCUT2D eigenvalue weighted by molar-refractivity contribution is 5.87. The zero-order chi connectivity index (χ0) is 18.4. The molecule has 0 aliphatic rings. The van der Waals surface area contributed by atoms with Gasteiger partial charge in [-0.25, -0.2) is 9.78 Å². The van der Waals surface area contributed by atoms with Gasteiger partial charge in [-0.1, -0.05) is 0 Å². The van der Waals surface area contributed by atoms with E-state index in [2.05, 4.69) is 4.98 Å². The number of rotatable bonds is 6. The van der Waals surface area contributed by atoms with Gasteiger partial charge in [0.1, 0.15) is 11.9 Å².